The molecular weight excluding hydrogens is 232 g/mol. The van der Waals surface area contributed by atoms with Crippen LogP contribution >= 0.6 is 0 Å². The Morgan fingerprint density at radius 2 is 1.53 bits per heavy atom. The van der Waals surface area contributed by atoms with Crippen LogP contribution in [0.15, 0.2) is 12.5 Å². The first-order valence-corrected chi connectivity index (χ1v) is 8.22. The molecule has 1 heterocycles. The summed E-state index contributed by atoms with van der Waals surface area (Å²) in [7, 11) is 0. The molecule has 0 aromatic carbocycles. The van der Waals surface area contributed by atoms with Gasteiger partial charge in [0, 0.05) is 17.3 Å². The molecule has 1 rings (SSSR count). The van der Waals surface area contributed by atoms with Gasteiger partial charge >= 0.3 is 0 Å². The Balaban J connectivity index is 2.47. The van der Waals surface area contributed by atoms with Gasteiger partial charge in [0.25, 0.3) is 0 Å². The van der Waals surface area contributed by atoms with Crippen molar-refractivity contribution in [2.75, 3.05) is 0 Å². The van der Waals surface area contributed by atoms with E-state index in [1.807, 2.05) is 12.5 Å². The zero-order valence-electron chi connectivity index (χ0n) is 13.2. The fraction of sp³-hybridized carbons (Fsp3) is 0.824. The van der Waals surface area contributed by atoms with E-state index in [4.69, 9.17) is 0 Å². The lowest BCUT2D eigenvalue weighted by Crippen LogP contribution is -2.22. The normalized spacial score (nSPS) is 11.9. The van der Waals surface area contributed by atoms with Crippen molar-refractivity contribution in [1.29, 1.82) is 0 Å². The Hall–Kier alpha value is -0.790. The molecule has 0 amide bonds. The first kappa shape index (κ1) is 16.3. The molecule has 0 bridgehead atoms. The SMILES string of the molecule is CCCCCCC(C)(CCCCCC)c1cnc[nH]1. The summed E-state index contributed by atoms with van der Waals surface area (Å²) in [4.78, 5) is 7.57. The highest BCUT2D eigenvalue weighted by Gasteiger charge is 2.26. The van der Waals surface area contributed by atoms with Gasteiger partial charge in [-0.05, 0) is 12.8 Å². The van der Waals surface area contributed by atoms with Gasteiger partial charge in [-0.2, -0.15) is 0 Å². The Bertz CT molecular complexity index is 291. The molecule has 0 fully saturated rings. The number of rotatable bonds is 11. The van der Waals surface area contributed by atoms with Crippen molar-refractivity contribution >= 4 is 0 Å². The zero-order chi connectivity index (χ0) is 14.0. The summed E-state index contributed by atoms with van der Waals surface area (Å²) in [6.07, 6.45) is 17.2. The summed E-state index contributed by atoms with van der Waals surface area (Å²) in [5.41, 5.74) is 1.64. The van der Waals surface area contributed by atoms with Crippen LogP contribution in [0.3, 0.4) is 0 Å². The van der Waals surface area contributed by atoms with Gasteiger partial charge < -0.3 is 4.98 Å². The first-order valence-electron chi connectivity index (χ1n) is 8.22. The minimum absolute atomic E-state index is 0.304. The topological polar surface area (TPSA) is 28.7 Å². The average Bonchev–Trinajstić information content (AvgIpc) is 2.95. The maximum atomic E-state index is 4.22. The molecular formula is C17H32N2. The van der Waals surface area contributed by atoms with Crippen LogP contribution in [0, 0.1) is 0 Å². The van der Waals surface area contributed by atoms with Gasteiger partial charge in [-0.3, -0.25) is 0 Å². The number of H-pyrrole nitrogens is 1. The van der Waals surface area contributed by atoms with Crippen LogP contribution in [0.5, 0.6) is 0 Å². The van der Waals surface area contributed by atoms with Gasteiger partial charge in [0.15, 0.2) is 0 Å². The summed E-state index contributed by atoms with van der Waals surface area (Å²) in [6, 6.07) is 0. The number of unbranched alkanes of at least 4 members (excludes halogenated alkanes) is 6. The molecule has 0 saturated carbocycles. The van der Waals surface area contributed by atoms with E-state index in [2.05, 4.69) is 30.7 Å². The molecule has 0 aliphatic carbocycles. The number of nitrogens with zero attached hydrogens (tertiary/aromatic N) is 1. The summed E-state index contributed by atoms with van der Waals surface area (Å²) < 4.78 is 0. The smallest absolute Gasteiger partial charge is 0.0921 e. The van der Waals surface area contributed by atoms with E-state index in [9.17, 15) is 0 Å². The number of hydrogen-bond acceptors (Lipinski definition) is 1. The monoisotopic (exact) mass is 264 g/mol. The minimum atomic E-state index is 0.304. The maximum Gasteiger partial charge on any atom is 0.0921 e. The van der Waals surface area contributed by atoms with Gasteiger partial charge in [-0.25, -0.2) is 4.98 Å². The third-order valence-electron chi connectivity index (χ3n) is 4.31. The largest absolute Gasteiger partial charge is 0.348 e. The minimum Gasteiger partial charge on any atom is -0.348 e. The van der Waals surface area contributed by atoms with E-state index in [0.29, 0.717) is 5.41 Å². The van der Waals surface area contributed by atoms with Crippen molar-refractivity contribution in [1.82, 2.24) is 9.97 Å². The molecule has 0 atom stereocenters. The Labute approximate surface area is 119 Å². The fourth-order valence-electron chi connectivity index (χ4n) is 2.86. The van der Waals surface area contributed by atoms with Crippen molar-refractivity contribution in [2.45, 2.75) is 90.4 Å². The van der Waals surface area contributed by atoms with Crippen LogP contribution in [-0.2, 0) is 5.41 Å². The Kier molecular flexibility index (Phi) is 7.85. The molecule has 0 aliphatic heterocycles. The lowest BCUT2D eigenvalue weighted by Gasteiger charge is -2.28. The number of nitrogens with one attached hydrogen (secondary N) is 1. The molecule has 0 unspecified atom stereocenters. The second-order valence-corrected chi connectivity index (χ2v) is 6.15. The number of imidazole rings is 1. The van der Waals surface area contributed by atoms with Gasteiger partial charge in [-0.1, -0.05) is 72.1 Å². The van der Waals surface area contributed by atoms with E-state index in [-0.39, 0.29) is 0 Å². The molecule has 110 valence electrons. The standard InChI is InChI=1S/C17H32N2/c1-4-6-8-10-12-17(3,13-11-9-7-5-2)16-14-18-15-19-16/h14-15H,4-13H2,1-3H3,(H,18,19). The molecule has 0 aliphatic rings. The lowest BCUT2D eigenvalue weighted by atomic mass is 9.77. The number of aromatic nitrogens is 2. The van der Waals surface area contributed by atoms with Crippen LogP contribution in [0.25, 0.3) is 0 Å². The summed E-state index contributed by atoms with van der Waals surface area (Å²) in [5, 5.41) is 0. The summed E-state index contributed by atoms with van der Waals surface area (Å²) >= 11 is 0. The molecule has 19 heavy (non-hydrogen) atoms. The Morgan fingerprint density at radius 1 is 0.947 bits per heavy atom. The molecule has 0 spiro atoms. The van der Waals surface area contributed by atoms with Crippen molar-refractivity contribution in [3.63, 3.8) is 0 Å². The van der Waals surface area contributed by atoms with Gasteiger partial charge in [-0.15, -0.1) is 0 Å². The van der Waals surface area contributed by atoms with Crippen molar-refractivity contribution < 1.29 is 0 Å². The summed E-state index contributed by atoms with van der Waals surface area (Å²) in [5.74, 6) is 0. The first-order chi connectivity index (χ1) is 9.23. The molecule has 1 N–H and O–H groups in total. The molecule has 0 radical (unpaired) electrons. The van der Waals surface area contributed by atoms with E-state index in [1.54, 1.807) is 0 Å². The van der Waals surface area contributed by atoms with Crippen LogP contribution in [0.1, 0.15) is 90.7 Å². The zero-order valence-corrected chi connectivity index (χ0v) is 13.2. The molecule has 0 saturated heterocycles. The summed E-state index contributed by atoms with van der Waals surface area (Å²) in [6.45, 7) is 6.97. The van der Waals surface area contributed by atoms with Crippen molar-refractivity contribution in [2.24, 2.45) is 0 Å². The van der Waals surface area contributed by atoms with E-state index < -0.39 is 0 Å². The van der Waals surface area contributed by atoms with Gasteiger partial charge in [0.05, 0.1) is 6.33 Å². The van der Waals surface area contributed by atoms with E-state index in [0.717, 1.165) is 0 Å². The quantitative estimate of drug-likeness (QED) is 0.517. The van der Waals surface area contributed by atoms with Crippen LogP contribution in [0.4, 0.5) is 0 Å². The molecule has 2 heteroatoms. The van der Waals surface area contributed by atoms with Crippen LogP contribution in [0.2, 0.25) is 0 Å². The molecule has 1 aromatic heterocycles. The molecule has 1 aromatic rings. The third-order valence-corrected chi connectivity index (χ3v) is 4.31. The highest BCUT2D eigenvalue weighted by atomic mass is 14.9. The predicted octanol–water partition coefficient (Wildman–Crippen LogP) is 5.61. The Morgan fingerprint density at radius 3 is 1.95 bits per heavy atom. The molecule has 2 nitrogen and oxygen atoms in total. The second kappa shape index (κ2) is 9.17. The second-order valence-electron chi connectivity index (χ2n) is 6.15. The van der Waals surface area contributed by atoms with Gasteiger partial charge in [0.2, 0.25) is 0 Å². The number of hydrogen-bond donors (Lipinski definition) is 1. The van der Waals surface area contributed by atoms with E-state index >= 15 is 0 Å². The van der Waals surface area contributed by atoms with Crippen LogP contribution in [-0.4, -0.2) is 9.97 Å². The lowest BCUT2D eigenvalue weighted by molar-refractivity contribution is 0.356. The van der Waals surface area contributed by atoms with Crippen LogP contribution < -0.4 is 0 Å². The van der Waals surface area contributed by atoms with Gasteiger partial charge in [0.1, 0.15) is 0 Å². The highest BCUT2D eigenvalue weighted by molar-refractivity contribution is 5.11. The third kappa shape index (κ3) is 5.80. The maximum absolute atomic E-state index is 4.22. The van der Waals surface area contributed by atoms with Crippen molar-refractivity contribution in [3.05, 3.63) is 18.2 Å². The highest BCUT2D eigenvalue weighted by Crippen LogP contribution is 2.34. The van der Waals surface area contributed by atoms with E-state index in [1.165, 1.54) is 69.9 Å². The predicted molar refractivity (Wildman–Crippen MR) is 83.5 cm³/mol. The average molecular weight is 264 g/mol. The number of aromatic amines is 1. The van der Waals surface area contributed by atoms with Crippen molar-refractivity contribution in [3.8, 4) is 0 Å². The fourth-order valence-corrected chi connectivity index (χ4v) is 2.86.